The number of aromatic nitrogens is 1. The molecule has 1 aromatic heterocycles. The third-order valence-electron chi connectivity index (χ3n) is 7.61. The number of hydrogen-bond acceptors (Lipinski definition) is 8. The molecule has 1 heterocycles. The predicted molar refractivity (Wildman–Crippen MR) is 171 cm³/mol. The number of fused-ring (bicyclic) bond motifs is 1. The maximum absolute atomic E-state index is 13.6. The lowest BCUT2D eigenvalue weighted by atomic mass is 10.0. The molecule has 45 heavy (non-hydrogen) atoms. The highest BCUT2D eigenvalue weighted by molar-refractivity contribution is 5.94. The van der Waals surface area contributed by atoms with E-state index in [-0.39, 0.29) is 25.0 Å². The number of carboxylic acid groups (broad SMARTS) is 1. The third kappa shape index (κ3) is 10.9. The number of amides is 3. The summed E-state index contributed by atoms with van der Waals surface area (Å²) in [6.07, 6.45) is 4.81. The Morgan fingerprint density at radius 2 is 1.33 bits per heavy atom. The average Bonchev–Trinajstić information content (AvgIpc) is 3.43. The van der Waals surface area contributed by atoms with Gasteiger partial charge in [0, 0.05) is 29.9 Å². The van der Waals surface area contributed by atoms with Crippen LogP contribution in [0.5, 0.6) is 5.75 Å². The monoisotopic (exact) mass is 623 g/mol. The molecule has 244 valence electrons. The van der Waals surface area contributed by atoms with Gasteiger partial charge in [-0.25, -0.2) is 4.79 Å². The van der Waals surface area contributed by atoms with Crippen molar-refractivity contribution in [1.82, 2.24) is 20.9 Å². The molecule has 0 aliphatic carbocycles. The molecule has 2 aromatic carbocycles. The Labute approximate surface area is 262 Å². The van der Waals surface area contributed by atoms with Gasteiger partial charge in [0.15, 0.2) is 0 Å². The largest absolute Gasteiger partial charge is 0.508 e. The van der Waals surface area contributed by atoms with Crippen LogP contribution in [0.2, 0.25) is 0 Å². The van der Waals surface area contributed by atoms with Crippen LogP contribution >= 0.6 is 0 Å². The summed E-state index contributed by atoms with van der Waals surface area (Å²) in [6, 6.07) is 9.30. The van der Waals surface area contributed by atoms with Gasteiger partial charge in [-0.05, 0) is 74.5 Å². The molecule has 0 aliphatic heterocycles. The van der Waals surface area contributed by atoms with Gasteiger partial charge in [0.05, 0.1) is 6.04 Å². The van der Waals surface area contributed by atoms with Gasteiger partial charge in [0.2, 0.25) is 17.7 Å². The standard InChI is InChI=1S/C32H45N7O6/c33-15-5-3-8-24(35)29(41)38-27(17-20-11-13-22(40)14-12-20)31(43)37-26(10-4-6-16-34)30(42)39-28(32(44)45)18-21-19-36-25-9-2-1-7-23(21)25/h1-2,7,9,11-14,19,24,26-28,36,40H,3-6,8,10,15-18,33-35H2,(H,37,43)(H,38,41)(H,39,42)(H,44,45). The second-order valence-electron chi connectivity index (χ2n) is 11.1. The van der Waals surface area contributed by atoms with Crippen molar-refractivity contribution in [2.75, 3.05) is 13.1 Å². The van der Waals surface area contributed by atoms with E-state index in [1.165, 1.54) is 12.1 Å². The summed E-state index contributed by atoms with van der Waals surface area (Å²) in [7, 11) is 0. The van der Waals surface area contributed by atoms with Gasteiger partial charge in [-0.2, -0.15) is 0 Å². The number of phenolic OH excluding ortho intramolecular Hbond substituents is 1. The highest BCUT2D eigenvalue weighted by Crippen LogP contribution is 2.19. The number of carbonyl (C=O) groups excluding carboxylic acids is 3. The molecule has 4 atom stereocenters. The van der Waals surface area contributed by atoms with Crippen molar-refractivity contribution in [3.05, 3.63) is 65.9 Å². The lowest BCUT2D eigenvalue weighted by Crippen LogP contribution is -2.57. The molecule has 0 aliphatic rings. The molecule has 0 spiro atoms. The van der Waals surface area contributed by atoms with Gasteiger partial charge in [-0.1, -0.05) is 36.8 Å². The Kier molecular flexibility index (Phi) is 13.8. The minimum absolute atomic E-state index is 0.0239. The molecule has 0 saturated carbocycles. The number of para-hydroxylation sites is 1. The van der Waals surface area contributed by atoms with Crippen LogP contribution < -0.4 is 33.2 Å². The Morgan fingerprint density at radius 3 is 2.00 bits per heavy atom. The summed E-state index contributed by atoms with van der Waals surface area (Å²) >= 11 is 0. The predicted octanol–water partition coefficient (Wildman–Crippen LogP) is 0.783. The van der Waals surface area contributed by atoms with Crippen LogP contribution in [0.25, 0.3) is 10.9 Å². The first-order valence-corrected chi connectivity index (χ1v) is 15.3. The smallest absolute Gasteiger partial charge is 0.326 e. The minimum atomic E-state index is -1.26. The van der Waals surface area contributed by atoms with Crippen LogP contribution in [-0.4, -0.2) is 76.1 Å². The Morgan fingerprint density at radius 1 is 0.733 bits per heavy atom. The van der Waals surface area contributed by atoms with E-state index >= 15 is 0 Å². The van der Waals surface area contributed by atoms with Gasteiger partial charge < -0.3 is 48.3 Å². The SMILES string of the molecule is NCCCCC(N)C(=O)NC(Cc1ccc(O)cc1)C(=O)NC(CCCCN)C(=O)NC(Cc1c[nH]c2ccccc12)C(=O)O. The lowest BCUT2D eigenvalue weighted by molar-refractivity contribution is -0.142. The molecule has 13 nitrogen and oxygen atoms in total. The van der Waals surface area contributed by atoms with Gasteiger partial charge in [0.1, 0.15) is 23.9 Å². The third-order valence-corrected chi connectivity index (χ3v) is 7.61. The average molecular weight is 624 g/mol. The molecular formula is C32H45N7O6. The highest BCUT2D eigenvalue weighted by Gasteiger charge is 2.31. The van der Waals surface area contributed by atoms with Crippen LogP contribution in [-0.2, 0) is 32.0 Å². The Hall–Kier alpha value is -4.46. The first-order chi connectivity index (χ1) is 21.6. The van der Waals surface area contributed by atoms with Crippen LogP contribution in [0.1, 0.15) is 49.7 Å². The number of phenols is 1. The second kappa shape index (κ2) is 17.7. The molecule has 0 bridgehead atoms. The fraction of sp³-hybridized carbons (Fsp3) is 0.438. The number of carbonyl (C=O) groups is 4. The zero-order valence-corrected chi connectivity index (χ0v) is 25.3. The molecule has 3 rings (SSSR count). The van der Waals surface area contributed by atoms with Crippen molar-refractivity contribution in [3.8, 4) is 5.75 Å². The van der Waals surface area contributed by atoms with Crippen LogP contribution in [0.3, 0.4) is 0 Å². The van der Waals surface area contributed by atoms with Crippen molar-refractivity contribution < 1.29 is 29.4 Å². The van der Waals surface area contributed by atoms with E-state index in [0.29, 0.717) is 50.8 Å². The summed E-state index contributed by atoms with van der Waals surface area (Å²) in [6.45, 7) is 0.848. The van der Waals surface area contributed by atoms with Crippen molar-refractivity contribution in [3.63, 3.8) is 0 Å². The van der Waals surface area contributed by atoms with Gasteiger partial charge in [-0.15, -0.1) is 0 Å². The number of aliphatic carboxylic acids is 1. The van der Waals surface area contributed by atoms with E-state index in [2.05, 4.69) is 20.9 Å². The maximum atomic E-state index is 13.6. The number of carboxylic acids is 1. The molecule has 0 radical (unpaired) electrons. The number of aromatic amines is 1. The summed E-state index contributed by atoms with van der Waals surface area (Å²) in [5, 5.41) is 28.5. The van der Waals surface area contributed by atoms with Gasteiger partial charge in [0.25, 0.3) is 0 Å². The van der Waals surface area contributed by atoms with E-state index in [9.17, 15) is 29.4 Å². The fourth-order valence-electron chi connectivity index (χ4n) is 5.02. The van der Waals surface area contributed by atoms with Gasteiger partial charge >= 0.3 is 5.97 Å². The lowest BCUT2D eigenvalue weighted by Gasteiger charge is -2.25. The van der Waals surface area contributed by atoms with Crippen molar-refractivity contribution in [2.24, 2.45) is 17.2 Å². The first-order valence-electron chi connectivity index (χ1n) is 15.3. The number of nitrogens with one attached hydrogen (secondary N) is 4. The van der Waals surface area contributed by atoms with Crippen molar-refractivity contribution in [2.45, 2.75) is 75.5 Å². The summed E-state index contributed by atoms with van der Waals surface area (Å²) in [4.78, 5) is 55.4. The number of hydrogen-bond donors (Lipinski definition) is 9. The second-order valence-corrected chi connectivity index (χ2v) is 11.1. The van der Waals surface area contributed by atoms with E-state index in [0.717, 1.165) is 16.5 Å². The molecule has 4 unspecified atom stereocenters. The first kappa shape index (κ1) is 35.0. The molecular weight excluding hydrogens is 578 g/mol. The zero-order chi connectivity index (χ0) is 32.8. The Balaban J connectivity index is 1.78. The quantitative estimate of drug-likeness (QED) is 0.0856. The summed E-state index contributed by atoms with van der Waals surface area (Å²) < 4.78 is 0. The van der Waals surface area contributed by atoms with Crippen molar-refractivity contribution >= 4 is 34.6 Å². The van der Waals surface area contributed by atoms with E-state index < -0.39 is 47.9 Å². The van der Waals surface area contributed by atoms with E-state index in [1.807, 2.05) is 24.3 Å². The topological polar surface area (TPSA) is 239 Å². The van der Waals surface area contributed by atoms with Crippen LogP contribution in [0, 0.1) is 0 Å². The summed E-state index contributed by atoms with van der Waals surface area (Å²) in [5.41, 5.74) is 19.5. The highest BCUT2D eigenvalue weighted by atomic mass is 16.4. The number of H-pyrrole nitrogens is 1. The normalized spacial score (nSPS) is 13.8. The number of benzene rings is 2. The van der Waals surface area contributed by atoms with Crippen LogP contribution in [0.4, 0.5) is 0 Å². The van der Waals surface area contributed by atoms with Crippen LogP contribution in [0.15, 0.2) is 54.7 Å². The molecule has 0 saturated heterocycles. The molecule has 0 fully saturated rings. The van der Waals surface area contributed by atoms with Crippen molar-refractivity contribution in [1.29, 1.82) is 0 Å². The number of rotatable bonds is 19. The number of unbranched alkanes of at least 4 members (excludes halogenated alkanes) is 2. The molecule has 3 amide bonds. The zero-order valence-electron chi connectivity index (χ0n) is 25.3. The fourth-order valence-corrected chi connectivity index (χ4v) is 5.02. The number of nitrogens with two attached hydrogens (primary N) is 3. The minimum Gasteiger partial charge on any atom is -0.508 e. The number of aromatic hydroxyl groups is 1. The van der Waals surface area contributed by atoms with E-state index in [4.69, 9.17) is 17.2 Å². The molecule has 12 N–H and O–H groups in total. The molecule has 3 aromatic rings. The maximum Gasteiger partial charge on any atom is 0.326 e. The Bertz CT molecular complexity index is 1410. The van der Waals surface area contributed by atoms with E-state index in [1.54, 1.807) is 18.3 Å². The van der Waals surface area contributed by atoms with Gasteiger partial charge in [-0.3, -0.25) is 14.4 Å². The molecule has 13 heteroatoms. The summed E-state index contributed by atoms with van der Waals surface area (Å²) in [5.74, 6) is -3.01.